The standard InChI is InChI=1S/C16H17F3N2O2S/c1-3-8-23-14-13(11-4-6-12(24-2)7-5-11)9-20-21(15(14)22)10-16(17,18)19/h4-7,9H,3,8,10H2,1-2H3. The molecule has 0 amide bonds. The van der Waals surface area contributed by atoms with Crippen LogP contribution in [-0.2, 0) is 6.54 Å². The molecule has 0 aliphatic carbocycles. The van der Waals surface area contributed by atoms with E-state index >= 15 is 0 Å². The van der Waals surface area contributed by atoms with Crippen molar-refractivity contribution in [1.82, 2.24) is 9.78 Å². The maximum absolute atomic E-state index is 12.6. The largest absolute Gasteiger partial charge is 0.487 e. The van der Waals surface area contributed by atoms with Crippen LogP contribution in [-0.4, -0.2) is 28.8 Å². The molecule has 24 heavy (non-hydrogen) atoms. The molecule has 0 bridgehead atoms. The second-order valence-electron chi connectivity index (χ2n) is 5.04. The van der Waals surface area contributed by atoms with E-state index < -0.39 is 18.3 Å². The van der Waals surface area contributed by atoms with Gasteiger partial charge in [-0.15, -0.1) is 11.8 Å². The summed E-state index contributed by atoms with van der Waals surface area (Å²) in [5.74, 6) is -0.104. The van der Waals surface area contributed by atoms with Gasteiger partial charge in [-0.25, -0.2) is 4.68 Å². The van der Waals surface area contributed by atoms with Gasteiger partial charge >= 0.3 is 11.7 Å². The predicted molar refractivity (Wildman–Crippen MR) is 87.6 cm³/mol. The Labute approximate surface area is 141 Å². The van der Waals surface area contributed by atoms with Crippen molar-refractivity contribution in [1.29, 1.82) is 0 Å². The number of thioether (sulfide) groups is 1. The quantitative estimate of drug-likeness (QED) is 0.733. The lowest BCUT2D eigenvalue weighted by Crippen LogP contribution is -2.31. The average Bonchev–Trinajstić information content (AvgIpc) is 2.54. The van der Waals surface area contributed by atoms with Crippen molar-refractivity contribution in [3.05, 3.63) is 40.8 Å². The van der Waals surface area contributed by atoms with E-state index in [-0.39, 0.29) is 12.4 Å². The second-order valence-corrected chi connectivity index (χ2v) is 5.92. The number of hydrogen-bond acceptors (Lipinski definition) is 4. The third-order valence-corrected chi connectivity index (χ3v) is 3.92. The summed E-state index contributed by atoms with van der Waals surface area (Å²) in [6.45, 7) is 0.642. The van der Waals surface area contributed by atoms with Crippen LogP contribution in [0.1, 0.15) is 13.3 Å². The third-order valence-electron chi connectivity index (χ3n) is 3.18. The molecule has 1 aromatic heterocycles. The van der Waals surface area contributed by atoms with Crippen LogP contribution >= 0.6 is 11.8 Å². The summed E-state index contributed by atoms with van der Waals surface area (Å²) < 4.78 is 43.5. The molecule has 2 rings (SSSR count). The van der Waals surface area contributed by atoms with Gasteiger partial charge in [0.2, 0.25) is 0 Å². The van der Waals surface area contributed by atoms with Crippen molar-refractivity contribution in [2.75, 3.05) is 12.9 Å². The zero-order valence-electron chi connectivity index (χ0n) is 13.3. The first-order valence-electron chi connectivity index (χ1n) is 7.29. The number of nitrogens with zero attached hydrogens (tertiary/aromatic N) is 2. The van der Waals surface area contributed by atoms with Crippen LogP contribution in [0.4, 0.5) is 13.2 Å². The Kier molecular flexibility index (Phi) is 5.93. The van der Waals surface area contributed by atoms with Gasteiger partial charge in [0, 0.05) is 10.5 Å². The summed E-state index contributed by atoms with van der Waals surface area (Å²) in [6, 6.07) is 7.31. The average molecular weight is 358 g/mol. The lowest BCUT2D eigenvalue weighted by atomic mass is 10.1. The summed E-state index contributed by atoms with van der Waals surface area (Å²) in [6.07, 6.45) is -0.719. The summed E-state index contributed by atoms with van der Waals surface area (Å²) in [5, 5.41) is 3.65. The zero-order valence-corrected chi connectivity index (χ0v) is 14.1. The van der Waals surface area contributed by atoms with Gasteiger partial charge in [-0.3, -0.25) is 4.79 Å². The molecule has 0 radical (unpaired) electrons. The molecule has 0 unspecified atom stereocenters. The molecule has 130 valence electrons. The van der Waals surface area contributed by atoms with Crippen LogP contribution in [0, 0.1) is 0 Å². The van der Waals surface area contributed by atoms with E-state index in [0.29, 0.717) is 22.2 Å². The first-order valence-corrected chi connectivity index (χ1v) is 8.52. The van der Waals surface area contributed by atoms with Gasteiger partial charge in [0.15, 0.2) is 5.75 Å². The van der Waals surface area contributed by atoms with Crippen molar-refractivity contribution in [3.63, 3.8) is 0 Å². The zero-order chi connectivity index (χ0) is 17.7. The Morgan fingerprint density at radius 2 is 1.92 bits per heavy atom. The van der Waals surface area contributed by atoms with Crippen molar-refractivity contribution < 1.29 is 17.9 Å². The van der Waals surface area contributed by atoms with E-state index in [2.05, 4.69) is 5.10 Å². The molecule has 0 aliphatic rings. The van der Waals surface area contributed by atoms with Gasteiger partial charge in [0.25, 0.3) is 0 Å². The van der Waals surface area contributed by atoms with Gasteiger partial charge in [-0.1, -0.05) is 19.1 Å². The van der Waals surface area contributed by atoms with Crippen molar-refractivity contribution >= 4 is 11.8 Å². The van der Waals surface area contributed by atoms with Crippen LogP contribution in [0.5, 0.6) is 5.75 Å². The molecule has 0 atom stereocenters. The molecule has 0 fully saturated rings. The number of ether oxygens (including phenoxy) is 1. The third kappa shape index (κ3) is 4.53. The van der Waals surface area contributed by atoms with Gasteiger partial charge in [0.1, 0.15) is 6.54 Å². The molecule has 0 spiro atoms. The number of aromatic nitrogens is 2. The highest BCUT2D eigenvalue weighted by Gasteiger charge is 2.30. The minimum Gasteiger partial charge on any atom is -0.487 e. The van der Waals surface area contributed by atoms with Crippen molar-refractivity contribution in [2.45, 2.75) is 31.0 Å². The molecule has 0 aliphatic heterocycles. The molecule has 4 nitrogen and oxygen atoms in total. The Balaban J connectivity index is 2.49. The summed E-state index contributed by atoms with van der Waals surface area (Å²) in [4.78, 5) is 13.4. The Hall–Kier alpha value is -1.96. The van der Waals surface area contributed by atoms with E-state index in [4.69, 9.17) is 4.74 Å². The molecular formula is C16H17F3N2O2S. The molecule has 2 aromatic rings. The fourth-order valence-corrected chi connectivity index (χ4v) is 2.48. The first-order chi connectivity index (χ1) is 11.4. The van der Waals surface area contributed by atoms with E-state index in [1.807, 2.05) is 25.3 Å². The summed E-state index contributed by atoms with van der Waals surface area (Å²) >= 11 is 1.57. The van der Waals surface area contributed by atoms with E-state index in [1.54, 1.807) is 23.9 Å². The lowest BCUT2D eigenvalue weighted by molar-refractivity contribution is -0.143. The van der Waals surface area contributed by atoms with Crippen molar-refractivity contribution in [2.24, 2.45) is 0 Å². The number of alkyl halides is 3. The Morgan fingerprint density at radius 3 is 2.46 bits per heavy atom. The molecular weight excluding hydrogens is 341 g/mol. The fourth-order valence-electron chi connectivity index (χ4n) is 2.07. The first kappa shape index (κ1) is 18.4. The highest BCUT2D eigenvalue weighted by atomic mass is 32.2. The minimum atomic E-state index is -4.53. The normalized spacial score (nSPS) is 11.5. The smallest absolute Gasteiger partial charge is 0.408 e. The van der Waals surface area contributed by atoms with Gasteiger partial charge in [-0.2, -0.15) is 18.3 Å². The fraction of sp³-hybridized carbons (Fsp3) is 0.375. The van der Waals surface area contributed by atoms with Gasteiger partial charge in [-0.05, 0) is 30.4 Å². The van der Waals surface area contributed by atoms with E-state index in [9.17, 15) is 18.0 Å². The van der Waals surface area contributed by atoms with Crippen LogP contribution in [0.2, 0.25) is 0 Å². The number of hydrogen-bond donors (Lipinski definition) is 0. The molecule has 0 saturated carbocycles. The second kappa shape index (κ2) is 7.74. The van der Waals surface area contributed by atoms with Crippen LogP contribution in [0.25, 0.3) is 11.1 Å². The lowest BCUT2D eigenvalue weighted by Gasteiger charge is -2.14. The topological polar surface area (TPSA) is 44.1 Å². The maximum atomic E-state index is 12.6. The summed E-state index contributed by atoms with van der Waals surface area (Å²) in [5.41, 5.74) is 0.175. The molecule has 1 heterocycles. The van der Waals surface area contributed by atoms with Crippen molar-refractivity contribution in [3.8, 4) is 16.9 Å². The number of halogens is 3. The molecule has 0 N–H and O–H groups in total. The Morgan fingerprint density at radius 1 is 1.25 bits per heavy atom. The van der Waals surface area contributed by atoms with E-state index in [0.717, 1.165) is 4.90 Å². The van der Waals surface area contributed by atoms with E-state index in [1.165, 1.54) is 6.20 Å². The Bertz CT molecular complexity index is 742. The predicted octanol–water partition coefficient (Wildman–Crippen LogP) is 3.98. The highest BCUT2D eigenvalue weighted by Crippen LogP contribution is 2.28. The molecule has 8 heteroatoms. The van der Waals surface area contributed by atoms with Gasteiger partial charge in [0.05, 0.1) is 12.8 Å². The minimum absolute atomic E-state index is 0.104. The maximum Gasteiger partial charge on any atom is 0.408 e. The SMILES string of the molecule is CCCOc1c(-c2ccc(SC)cc2)cnn(CC(F)(F)F)c1=O. The van der Waals surface area contributed by atoms with Crippen LogP contribution in [0.15, 0.2) is 40.2 Å². The van der Waals surface area contributed by atoms with Crippen LogP contribution in [0.3, 0.4) is 0 Å². The molecule has 1 aromatic carbocycles. The summed E-state index contributed by atoms with van der Waals surface area (Å²) in [7, 11) is 0. The number of benzene rings is 1. The number of rotatable bonds is 6. The monoisotopic (exact) mass is 358 g/mol. The van der Waals surface area contributed by atoms with Crippen LogP contribution < -0.4 is 10.3 Å². The highest BCUT2D eigenvalue weighted by molar-refractivity contribution is 7.98. The molecule has 0 saturated heterocycles. The van der Waals surface area contributed by atoms with Gasteiger partial charge < -0.3 is 4.74 Å².